The molecule has 20 heavy (non-hydrogen) atoms. The first kappa shape index (κ1) is 14.4. The van der Waals surface area contributed by atoms with Gasteiger partial charge >= 0.3 is 0 Å². The van der Waals surface area contributed by atoms with Gasteiger partial charge in [0.25, 0.3) is 5.91 Å². The lowest BCUT2D eigenvalue weighted by Gasteiger charge is -2.37. The van der Waals surface area contributed by atoms with E-state index in [1.807, 2.05) is 25.1 Å². The van der Waals surface area contributed by atoms with Crippen molar-refractivity contribution in [2.75, 3.05) is 18.9 Å². The lowest BCUT2D eigenvalue weighted by atomic mass is 9.92. The Hall–Kier alpha value is -2.04. The van der Waals surface area contributed by atoms with Crippen molar-refractivity contribution in [3.05, 3.63) is 29.8 Å². The maximum absolute atomic E-state index is 12.7. The first-order valence-corrected chi connectivity index (χ1v) is 6.91. The molecule has 1 aromatic carbocycles. The maximum Gasteiger partial charge on any atom is 0.256 e. The normalized spacial score (nSPS) is 22.4. The summed E-state index contributed by atoms with van der Waals surface area (Å²) in [5, 5.41) is 3.03. The molecule has 0 aromatic heterocycles. The fourth-order valence-electron chi connectivity index (χ4n) is 2.66. The van der Waals surface area contributed by atoms with E-state index in [9.17, 15) is 9.59 Å². The first-order chi connectivity index (χ1) is 9.54. The van der Waals surface area contributed by atoms with Crippen LogP contribution in [0.4, 0.5) is 5.69 Å². The highest BCUT2D eigenvalue weighted by atomic mass is 16.2. The Kier molecular flexibility index (Phi) is 4.27. The number of carbonyl (C=O) groups is 2. The number of primary amides is 1. The molecule has 0 aliphatic carbocycles. The Bertz CT molecular complexity index is 516. The Morgan fingerprint density at radius 3 is 2.65 bits per heavy atom. The summed E-state index contributed by atoms with van der Waals surface area (Å²) in [6, 6.07) is 7.52. The summed E-state index contributed by atoms with van der Waals surface area (Å²) in [7, 11) is 1.79. The van der Waals surface area contributed by atoms with Crippen molar-refractivity contribution in [1.29, 1.82) is 0 Å². The highest BCUT2D eigenvalue weighted by Gasteiger charge is 2.32. The number of nitrogens with two attached hydrogens (primary N) is 1. The van der Waals surface area contributed by atoms with E-state index in [0.29, 0.717) is 12.1 Å². The van der Waals surface area contributed by atoms with Crippen LogP contribution in [0.3, 0.4) is 0 Å². The standard InChI is InChI=1S/C15H21N3O2/c1-10-7-8-11(14(16)19)9-18(10)15(20)12-5-3-4-6-13(12)17-2/h3-6,10-11,17H,7-9H2,1-2H3,(H2,16,19). The van der Waals surface area contributed by atoms with Crippen LogP contribution < -0.4 is 11.1 Å². The van der Waals surface area contributed by atoms with E-state index < -0.39 is 0 Å². The van der Waals surface area contributed by atoms with Gasteiger partial charge in [0.15, 0.2) is 0 Å². The van der Waals surface area contributed by atoms with Crippen LogP contribution in [-0.2, 0) is 4.79 Å². The molecule has 1 saturated heterocycles. The number of nitrogens with zero attached hydrogens (tertiary/aromatic N) is 1. The summed E-state index contributed by atoms with van der Waals surface area (Å²) in [6.45, 7) is 2.42. The van der Waals surface area contributed by atoms with Gasteiger partial charge in [0.05, 0.1) is 11.5 Å². The number of benzene rings is 1. The summed E-state index contributed by atoms with van der Waals surface area (Å²) in [5.41, 5.74) is 6.81. The van der Waals surface area contributed by atoms with E-state index in [1.165, 1.54) is 0 Å². The van der Waals surface area contributed by atoms with Crippen molar-refractivity contribution in [3.8, 4) is 0 Å². The summed E-state index contributed by atoms with van der Waals surface area (Å²) in [5.74, 6) is -0.609. The molecule has 5 heteroatoms. The fraction of sp³-hybridized carbons (Fsp3) is 0.467. The predicted octanol–water partition coefficient (Wildman–Crippen LogP) is 1.45. The van der Waals surface area contributed by atoms with Crippen LogP contribution in [0.15, 0.2) is 24.3 Å². The number of piperidine rings is 1. The van der Waals surface area contributed by atoms with Gasteiger partial charge in [-0.1, -0.05) is 12.1 Å². The molecule has 0 spiro atoms. The molecule has 2 amide bonds. The number of nitrogens with one attached hydrogen (secondary N) is 1. The number of rotatable bonds is 3. The second kappa shape index (κ2) is 5.94. The number of para-hydroxylation sites is 1. The average Bonchev–Trinajstić information content (AvgIpc) is 2.46. The van der Waals surface area contributed by atoms with Crippen molar-refractivity contribution in [2.45, 2.75) is 25.8 Å². The van der Waals surface area contributed by atoms with Crippen LogP contribution in [0.1, 0.15) is 30.1 Å². The van der Waals surface area contributed by atoms with E-state index in [2.05, 4.69) is 5.32 Å². The molecule has 0 bridgehead atoms. The lowest BCUT2D eigenvalue weighted by Crippen LogP contribution is -2.48. The van der Waals surface area contributed by atoms with Crippen LogP contribution in [0.2, 0.25) is 0 Å². The Balaban J connectivity index is 2.24. The van der Waals surface area contributed by atoms with Crippen molar-refractivity contribution >= 4 is 17.5 Å². The second-order valence-electron chi connectivity index (χ2n) is 5.28. The molecule has 2 unspecified atom stereocenters. The van der Waals surface area contributed by atoms with Crippen molar-refractivity contribution in [3.63, 3.8) is 0 Å². The highest BCUT2D eigenvalue weighted by Crippen LogP contribution is 2.25. The molecule has 1 aliphatic heterocycles. The minimum atomic E-state index is -0.323. The highest BCUT2D eigenvalue weighted by molar-refractivity contribution is 6.00. The SMILES string of the molecule is CNc1ccccc1C(=O)N1CC(C(N)=O)CCC1C. The molecule has 1 fully saturated rings. The average molecular weight is 275 g/mol. The molecule has 2 rings (SSSR count). The molecule has 108 valence electrons. The van der Waals surface area contributed by atoms with Crippen molar-refractivity contribution in [1.82, 2.24) is 4.90 Å². The van der Waals surface area contributed by atoms with Crippen LogP contribution in [0.5, 0.6) is 0 Å². The molecule has 0 radical (unpaired) electrons. The van der Waals surface area contributed by atoms with Gasteiger partial charge < -0.3 is 16.0 Å². The Morgan fingerprint density at radius 2 is 2.00 bits per heavy atom. The zero-order valence-corrected chi connectivity index (χ0v) is 11.9. The molecular formula is C15H21N3O2. The zero-order valence-electron chi connectivity index (χ0n) is 11.9. The van der Waals surface area contributed by atoms with Gasteiger partial charge in [-0.3, -0.25) is 9.59 Å². The van der Waals surface area contributed by atoms with Crippen molar-refractivity contribution in [2.24, 2.45) is 11.7 Å². The molecule has 2 atom stereocenters. The molecule has 1 aromatic rings. The third-order valence-electron chi connectivity index (χ3n) is 3.97. The third kappa shape index (κ3) is 2.76. The summed E-state index contributed by atoms with van der Waals surface area (Å²) in [6.07, 6.45) is 1.56. The van der Waals surface area contributed by atoms with Crippen LogP contribution in [0, 0.1) is 5.92 Å². The van der Waals surface area contributed by atoms with Gasteiger partial charge in [0, 0.05) is 25.3 Å². The number of carbonyl (C=O) groups excluding carboxylic acids is 2. The van der Waals surface area contributed by atoms with Gasteiger partial charge in [-0.05, 0) is 31.9 Å². The topological polar surface area (TPSA) is 75.4 Å². The lowest BCUT2D eigenvalue weighted by molar-refractivity contribution is -0.123. The van der Waals surface area contributed by atoms with Crippen LogP contribution >= 0.6 is 0 Å². The quantitative estimate of drug-likeness (QED) is 0.876. The minimum Gasteiger partial charge on any atom is -0.387 e. The first-order valence-electron chi connectivity index (χ1n) is 6.91. The van der Waals surface area contributed by atoms with Gasteiger partial charge in [-0.25, -0.2) is 0 Å². The van der Waals surface area contributed by atoms with E-state index in [4.69, 9.17) is 5.73 Å². The third-order valence-corrected chi connectivity index (χ3v) is 3.97. The van der Waals surface area contributed by atoms with Gasteiger partial charge in [0.2, 0.25) is 5.91 Å². The molecular weight excluding hydrogens is 254 g/mol. The zero-order chi connectivity index (χ0) is 14.7. The van der Waals surface area contributed by atoms with Crippen LogP contribution in [0.25, 0.3) is 0 Å². The molecule has 1 aliphatic rings. The smallest absolute Gasteiger partial charge is 0.256 e. The number of hydrogen-bond acceptors (Lipinski definition) is 3. The number of anilines is 1. The molecule has 5 nitrogen and oxygen atoms in total. The monoisotopic (exact) mass is 275 g/mol. The van der Waals surface area contributed by atoms with E-state index in [0.717, 1.165) is 18.5 Å². The van der Waals surface area contributed by atoms with Gasteiger partial charge in [-0.2, -0.15) is 0 Å². The largest absolute Gasteiger partial charge is 0.387 e. The fourth-order valence-corrected chi connectivity index (χ4v) is 2.66. The van der Waals surface area contributed by atoms with Gasteiger partial charge in [0.1, 0.15) is 0 Å². The Labute approximate surface area is 119 Å². The predicted molar refractivity (Wildman–Crippen MR) is 78.4 cm³/mol. The molecule has 3 N–H and O–H groups in total. The molecule has 1 heterocycles. The second-order valence-corrected chi connectivity index (χ2v) is 5.28. The number of likely N-dealkylation sites (tertiary alicyclic amines) is 1. The van der Waals surface area contributed by atoms with Gasteiger partial charge in [-0.15, -0.1) is 0 Å². The Morgan fingerprint density at radius 1 is 1.30 bits per heavy atom. The van der Waals surface area contributed by atoms with Crippen molar-refractivity contribution < 1.29 is 9.59 Å². The number of hydrogen-bond donors (Lipinski definition) is 2. The summed E-state index contributed by atoms with van der Waals surface area (Å²) >= 11 is 0. The summed E-state index contributed by atoms with van der Waals surface area (Å²) in [4.78, 5) is 25.8. The number of amides is 2. The van der Waals surface area contributed by atoms with Crippen LogP contribution in [-0.4, -0.2) is 36.3 Å². The minimum absolute atomic E-state index is 0.0478. The van der Waals surface area contributed by atoms with E-state index >= 15 is 0 Å². The summed E-state index contributed by atoms with van der Waals surface area (Å²) < 4.78 is 0. The van der Waals surface area contributed by atoms with E-state index in [-0.39, 0.29) is 23.8 Å². The molecule has 0 saturated carbocycles. The van der Waals surface area contributed by atoms with E-state index in [1.54, 1.807) is 18.0 Å². The maximum atomic E-state index is 12.7.